The number of hydrogen-bond donors (Lipinski definition) is 4. The van der Waals surface area contributed by atoms with Crippen LogP contribution in [-0.2, 0) is 9.53 Å². The van der Waals surface area contributed by atoms with Gasteiger partial charge in [0.15, 0.2) is 5.70 Å². The zero-order valence-corrected chi connectivity index (χ0v) is 13.9. The van der Waals surface area contributed by atoms with Crippen LogP contribution in [0, 0.1) is 0 Å². The van der Waals surface area contributed by atoms with E-state index in [0.29, 0.717) is 16.0 Å². The summed E-state index contributed by atoms with van der Waals surface area (Å²) >= 11 is 12.1. The maximum Gasteiger partial charge on any atom is 0.358 e. The highest BCUT2D eigenvalue weighted by Gasteiger charge is 2.25. The van der Waals surface area contributed by atoms with Crippen molar-refractivity contribution in [2.24, 2.45) is 11.6 Å². The highest BCUT2D eigenvalue weighted by molar-refractivity contribution is 6.34. The quantitative estimate of drug-likeness (QED) is 0.278. The molecule has 2 rings (SSSR count). The van der Waals surface area contributed by atoms with E-state index in [1.54, 1.807) is 6.07 Å². The first kappa shape index (κ1) is 17.7. The SMILES string of the molecule is NN/C(C(=O)O)=C(\N)OC1CCC(c2cc(Cl)cc(Cl)c2)CC1. The van der Waals surface area contributed by atoms with Crippen molar-refractivity contribution in [2.45, 2.75) is 37.7 Å². The lowest BCUT2D eigenvalue weighted by molar-refractivity contribution is -0.133. The molecule has 0 heterocycles. The van der Waals surface area contributed by atoms with Crippen LogP contribution in [0.15, 0.2) is 29.8 Å². The third kappa shape index (κ3) is 4.67. The Labute approximate surface area is 144 Å². The lowest BCUT2D eigenvalue weighted by Crippen LogP contribution is -2.32. The molecule has 6 N–H and O–H groups in total. The summed E-state index contributed by atoms with van der Waals surface area (Å²) in [6.45, 7) is 0. The Morgan fingerprint density at radius 3 is 2.22 bits per heavy atom. The van der Waals surface area contributed by atoms with E-state index in [-0.39, 0.29) is 17.7 Å². The zero-order chi connectivity index (χ0) is 17.0. The van der Waals surface area contributed by atoms with E-state index in [0.717, 1.165) is 31.2 Å². The molecule has 0 spiro atoms. The van der Waals surface area contributed by atoms with Crippen molar-refractivity contribution in [1.29, 1.82) is 0 Å². The van der Waals surface area contributed by atoms with Crippen molar-refractivity contribution in [3.63, 3.8) is 0 Å². The zero-order valence-electron chi connectivity index (χ0n) is 12.4. The third-order valence-electron chi connectivity index (χ3n) is 3.93. The number of nitrogens with one attached hydrogen (secondary N) is 1. The number of benzene rings is 1. The lowest BCUT2D eigenvalue weighted by Gasteiger charge is -2.29. The summed E-state index contributed by atoms with van der Waals surface area (Å²) in [5.74, 6) is 4.03. The van der Waals surface area contributed by atoms with E-state index in [1.165, 1.54) is 0 Å². The normalized spacial score (nSPS) is 22.2. The van der Waals surface area contributed by atoms with Crippen LogP contribution in [0.3, 0.4) is 0 Å². The molecule has 0 aliphatic heterocycles. The molecule has 0 bridgehead atoms. The molecule has 23 heavy (non-hydrogen) atoms. The number of aliphatic carboxylic acids is 1. The largest absolute Gasteiger partial charge is 0.476 e. The van der Waals surface area contributed by atoms with Gasteiger partial charge in [-0.2, -0.15) is 0 Å². The second-order valence-corrected chi connectivity index (χ2v) is 6.36. The summed E-state index contributed by atoms with van der Waals surface area (Å²) in [6, 6.07) is 5.56. The summed E-state index contributed by atoms with van der Waals surface area (Å²) in [7, 11) is 0. The summed E-state index contributed by atoms with van der Waals surface area (Å²) in [5.41, 5.74) is 8.45. The highest BCUT2D eigenvalue weighted by atomic mass is 35.5. The highest BCUT2D eigenvalue weighted by Crippen LogP contribution is 2.36. The van der Waals surface area contributed by atoms with Gasteiger partial charge in [-0.3, -0.25) is 5.84 Å². The van der Waals surface area contributed by atoms with Crippen molar-refractivity contribution >= 4 is 29.2 Å². The van der Waals surface area contributed by atoms with Crippen LogP contribution < -0.4 is 17.0 Å². The van der Waals surface area contributed by atoms with Crippen molar-refractivity contribution in [1.82, 2.24) is 5.43 Å². The predicted octanol–water partition coefficient (Wildman–Crippen LogP) is 2.71. The second-order valence-electron chi connectivity index (χ2n) is 5.48. The molecule has 0 amide bonds. The first-order valence-electron chi connectivity index (χ1n) is 7.23. The van der Waals surface area contributed by atoms with Gasteiger partial charge in [-0.25, -0.2) is 4.79 Å². The molecule has 1 aliphatic carbocycles. The third-order valence-corrected chi connectivity index (χ3v) is 4.37. The standard InChI is InChI=1S/C15H19Cl2N3O3/c16-10-5-9(6-11(17)7-10)8-1-3-12(4-2-8)23-14(18)13(20-19)15(21)22/h5-8,12,20H,1-4,18-19H2,(H,21,22)/b14-13+. The van der Waals surface area contributed by atoms with Gasteiger partial charge in [-0.1, -0.05) is 23.2 Å². The molecule has 1 saturated carbocycles. The smallest absolute Gasteiger partial charge is 0.358 e. The topological polar surface area (TPSA) is 111 Å². The number of carbonyl (C=O) groups is 1. The molecule has 0 radical (unpaired) electrons. The maximum atomic E-state index is 10.9. The molecule has 0 aromatic heterocycles. The molecule has 126 valence electrons. The first-order chi connectivity index (χ1) is 10.9. The van der Waals surface area contributed by atoms with Crippen LogP contribution in [0.1, 0.15) is 37.2 Å². The Hall–Kier alpha value is -1.63. The molecular formula is C15H19Cl2N3O3. The van der Waals surface area contributed by atoms with Crippen molar-refractivity contribution in [3.8, 4) is 0 Å². The minimum atomic E-state index is -1.26. The summed E-state index contributed by atoms with van der Waals surface area (Å²) < 4.78 is 5.52. The Morgan fingerprint density at radius 2 is 1.74 bits per heavy atom. The van der Waals surface area contributed by atoms with Gasteiger partial charge in [0.1, 0.15) is 6.10 Å². The van der Waals surface area contributed by atoms with Crippen LogP contribution in [0.4, 0.5) is 0 Å². The van der Waals surface area contributed by atoms with Gasteiger partial charge in [0.05, 0.1) is 0 Å². The number of ether oxygens (including phenoxy) is 1. The Bertz CT molecular complexity index is 594. The van der Waals surface area contributed by atoms with E-state index in [9.17, 15) is 4.79 Å². The van der Waals surface area contributed by atoms with Gasteiger partial charge >= 0.3 is 5.97 Å². The van der Waals surface area contributed by atoms with Crippen molar-refractivity contribution < 1.29 is 14.6 Å². The van der Waals surface area contributed by atoms with E-state index in [2.05, 4.69) is 0 Å². The van der Waals surface area contributed by atoms with Gasteiger partial charge in [0, 0.05) is 10.0 Å². The second kappa shape index (κ2) is 7.77. The molecule has 1 fully saturated rings. The van der Waals surface area contributed by atoms with Crippen LogP contribution in [0.2, 0.25) is 10.0 Å². The van der Waals surface area contributed by atoms with Crippen molar-refractivity contribution in [3.05, 3.63) is 45.4 Å². The van der Waals surface area contributed by atoms with E-state index in [1.807, 2.05) is 17.6 Å². The number of hydrazine groups is 1. The van der Waals surface area contributed by atoms with Gasteiger partial charge in [-0.05, 0) is 55.4 Å². The van der Waals surface area contributed by atoms with E-state index < -0.39 is 5.97 Å². The molecule has 1 aliphatic rings. The Kier molecular flexibility index (Phi) is 5.98. The number of halogens is 2. The first-order valence-corrected chi connectivity index (χ1v) is 7.98. The minimum Gasteiger partial charge on any atom is -0.476 e. The average molecular weight is 360 g/mol. The van der Waals surface area contributed by atoms with Gasteiger partial charge < -0.3 is 21.0 Å². The van der Waals surface area contributed by atoms with Crippen LogP contribution in [0.25, 0.3) is 0 Å². The maximum absolute atomic E-state index is 10.9. The molecule has 0 unspecified atom stereocenters. The summed E-state index contributed by atoms with van der Waals surface area (Å²) in [5, 5.41) is 10.2. The Balaban J connectivity index is 1.97. The monoisotopic (exact) mass is 359 g/mol. The van der Waals surface area contributed by atoms with Gasteiger partial charge in [-0.15, -0.1) is 0 Å². The summed E-state index contributed by atoms with van der Waals surface area (Å²) in [6.07, 6.45) is 3.14. The number of rotatable bonds is 5. The van der Waals surface area contributed by atoms with Crippen LogP contribution in [0.5, 0.6) is 0 Å². The Morgan fingerprint density at radius 1 is 1.17 bits per heavy atom. The van der Waals surface area contributed by atoms with Gasteiger partial charge in [0.25, 0.3) is 0 Å². The van der Waals surface area contributed by atoms with Crippen LogP contribution >= 0.6 is 23.2 Å². The molecule has 1 aromatic carbocycles. The number of hydrogen-bond acceptors (Lipinski definition) is 5. The van der Waals surface area contributed by atoms with Crippen LogP contribution in [-0.4, -0.2) is 17.2 Å². The summed E-state index contributed by atoms with van der Waals surface area (Å²) in [4.78, 5) is 10.9. The van der Waals surface area contributed by atoms with E-state index in [4.69, 9.17) is 44.6 Å². The predicted molar refractivity (Wildman–Crippen MR) is 88.7 cm³/mol. The number of carboxylic acid groups (broad SMARTS) is 1. The molecule has 1 aromatic rings. The molecule has 0 saturated heterocycles. The lowest BCUT2D eigenvalue weighted by atomic mass is 9.83. The van der Waals surface area contributed by atoms with Crippen molar-refractivity contribution in [2.75, 3.05) is 0 Å². The fraction of sp³-hybridized carbons (Fsp3) is 0.400. The number of nitrogens with two attached hydrogens (primary N) is 2. The van der Waals surface area contributed by atoms with Gasteiger partial charge in [0.2, 0.25) is 5.88 Å². The molecule has 0 atom stereocenters. The van der Waals surface area contributed by atoms with E-state index >= 15 is 0 Å². The molecule has 6 nitrogen and oxygen atoms in total. The minimum absolute atomic E-state index is 0.136. The average Bonchev–Trinajstić information content (AvgIpc) is 2.47. The fourth-order valence-electron chi connectivity index (χ4n) is 2.80. The fourth-order valence-corrected chi connectivity index (χ4v) is 3.34. The number of carboxylic acids is 1. The molecule has 8 heteroatoms. The molecular weight excluding hydrogens is 341 g/mol.